The van der Waals surface area contributed by atoms with Crippen molar-refractivity contribution in [3.63, 3.8) is 0 Å². The molecule has 106 valence electrons. The molecule has 0 spiro atoms. The zero-order valence-electron chi connectivity index (χ0n) is 11.7. The number of para-hydroxylation sites is 3. The standard InChI is InChI=1S/C17H16N2O2/c1-2-21-16-10-6-3-7-12(16)17(20)15-11-18-13-8-4-5-9-14(13)19-15/h3-11,17,20H,2H2,1H3. The van der Waals surface area contributed by atoms with Crippen molar-refractivity contribution < 1.29 is 9.84 Å². The Morgan fingerprint density at radius 1 is 1.05 bits per heavy atom. The van der Waals surface area contributed by atoms with Crippen molar-refractivity contribution >= 4 is 11.0 Å². The predicted octanol–water partition coefficient (Wildman–Crippen LogP) is 3.11. The predicted molar refractivity (Wildman–Crippen MR) is 81.2 cm³/mol. The first kappa shape index (κ1) is 13.5. The molecular weight excluding hydrogens is 264 g/mol. The van der Waals surface area contributed by atoms with Crippen LogP contribution in [0.2, 0.25) is 0 Å². The van der Waals surface area contributed by atoms with Crippen LogP contribution in [0.3, 0.4) is 0 Å². The highest BCUT2D eigenvalue weighted by Gasteiger charge is 2.17. The van der Waals surface area contributed by atoms with Crippen LogP contribution in [0, 0.1) is 0 Å². The van der Waals surface area contributed by atoms with E-state index in [4.69, 9.17) is 4.74 Å². The van der Waals surface area contributed by atoms with Crippen LogP contribution in [0.1, 0.15) is 24.3 Å². The van der Waals surface area contributed by atoms with E-state index in [1.165, 1.54) is 0 Å². The maximum Gasteiger partial charge on any atom is 0.126 e. The fraction of sp³-hybridized carbons (Fsp3) is 0.176. The van der Waals surface area contributed by atoms with Crippen LogP contribution >= 0.6 is 0 Å². The van der Waals surface area contributed by atoms with Gasteiger partial charge in [-0.25, -0.2) is 4.98 Å². The first-order valence-electron chi connectivity index (χ1n) is 6.91. The summed E-state index contributed by atoms with van der Waals surface area (Å²) < 4.78 is 5.56. The minimum absolute atomic E-state index is 0.515. The van der Waals surface area contributed by atoms with Crippen LogP contribution in [0.5, 0.6) is 5.75 Å². The normalized spacial score (nSPS) is 12.3. The smallest absolute Gasteiger partial charge is 0.126 e. The number of aliphatic hydroxyl groups is 1. The lowest BCUT2D eigenvalue weighted by atomic mass is 10.1. The monoisotopic (exact) mass is 280 g/mol. The molecule has 1 aromatic heterocycles. The summed E-state index contributed by atoms with van der Waals surface area (Å²) in [5.41, 5.74) is 2.79. The number of aromatic nitrogens is 2. The molecular formula is C17H16N2O2. The fourth-order valence-electron chi connectivity index (χ4n) is 2.26. The van der Waals surface area contributed by atoms with E-state index < -0.39 is 6.10 Å². The Labute approximate surface area is 123 Å². The highest BCUT2D eigenvalue weighted by molar-refractivity contribution is 5.73. The highest BCUT2D eigenvalue weighted by Crippen LogP contribution is 2.29. The van der Waals surface area contributed by atoms with Gasteiger partial charge in [-0.1, -0.05) is 30.3 Å². The van der Waals surface area contributed by atoms with Crippen molar-refractivity contribution in [2.45, 2.75) is 13.0 Å². The molecule has 0 aliphatic carbocycles. The number of hydrogen-bond donors (Lipinski definition) is 1. The Hall–Kier alpha value is -2.46. The molecule has 2 aromatic carbocycles. The van der Waals surface area contributed by atoms with Crippen LogP contribution < -0.4 is 4.74 Å². The molecule has 0 saturated heterocycles. The van der Waals surface area contributed by atoms with Crippen molar-refractivity contribution in [3.8, 4) is 5.75 Å². The van der Waals surface area contributed by atoms with E-state index in [0.29, 0.717) is 23.6 Å². The van der Waals surface area contributed by atoms with Gasteiger partial charge in [0.1, 0.15) is 11.9 Å². The third-order valence-electron chi connectivity index (χ3n) is 3.26. The summed E-state index contributed by atoms with van der Waals surface area (Å²) in [6.07, 6.45) is 0.750. The number of hydrogen-bond acceptors (Lipinski definition) is 4. The number of aliphatic hydroxyl groups excluding tert-OH is 1. The molecule has 1 N–H and O–H groups in total. The number of rotatable bonds is 4. The second kappa shape index (κ2) is 5.89. The van der Waals surface area contributed by atoms with Gasteiger partial charge in [-0.15, -0.1) is 0 Å². The average Bonchev–Trinajstić information content (AvgIpc) is 2.54. The van der Waals surface area contributed by atoms with Crippen molar-refractivity contribution in [3.05, 3.63) is 66.0 Å². The van der Waals surface area contributed by atoms with Gasteiger partial charge >= 0.3 is 0 Å². The fourth-order valence-corrected chi connectivity index (χ4v) is 2.26. The number of fused-ring (bicyclic) bond motifs is 1. The van der Waals surface area contributed by atoms with Crippen LogP contribution in [0.4, 0.5) is 0 Å². The second-order valence-corrected chi connectivity index (χ2v) is 4.66. The topological polar surface area (TPSA) is 55.2 Å². The molecule has 0 aliphatic rings. The molecule has 3 aromatic rings. The summed E-state index contributed by atoms with van der Waals surface area (Å²) in [4.78, 5) is 8.82. The van der Waals surface area contributed by atoms with E-state index in [1.807, 2.05) is 55.5 Å². The molecule has 0 saturated carbocycles. The molecule has 0 bridgehead atoms. The quantitative estimate of drug-likeness (QED) is 0.797. The zero-order chi connectivity index (χ0) is 14.7. The Bertz CT molecular complexity index is 758. The molecule has 0 amide bonds. The third kappa shape index (κ3) is 2.71. The molecule has 1 heterocycles. The summed E-state index contributed by atoms with van der Waals surface area (Å²) >= 11 is 0. The number of benzene rings is 2. The van der Waals surface area contributed by atoms with Crippen LogP contribution in [-0.4, -0.2) is 21.7 Å². The van der Waals surface area contributed by atoms with Gasteiger partial charge in [0, 0.05) is 5.56 Å². The Morgan fingerprint density at radius 3 is 2.57 bits per heavy atom. The summed E-state index contributed by atoms with van der Waals surface area (Å²) in [6.45, 7) is 2.46. The SMILES string of the molecule is CCOc1ccccc1C(O)c1cnc2ccccc2n1. The van der Waals surface area contributed by atoms with Gasteiger partial charge in [-0.05, 0) is 25.1 Å². The highest BCUT2D eigenvalue weighted by atomic mass is 16.5. The van der Waals surface area contributed by atoms with Crippen LogP contribution in [-0.2, 0) is 0 Å². The van der Waals surface area contributed by atoms with E-state index in [0.717, 1.165) is 11.0 Å². The average molecular weight is 280 g/mol. The van der Waals surface area contributed by atoms with Gasteiger partial charge in [0.15, 0.2) is 0 Å². The Balaban J connectivity index is 2.02. The number of ether oxygens (including phenoxy) is 1. The molecule has 1 atom stereocenters. The van der Waals surface area contributed by atoms with Crippen LogP contribution in [0.25, 0.3) is 11.0 Å². The maximum atomic E-state index is 10.6. The van der Waals surface area contributed by atoms with E-state index in [9.17, 15) is 5.11 Å². The van der Waals surface area contributed by atoms with Crippen molar-refractivity contribution in [1.29, 1.82) is 0 Å². The van der Waals surface area contributed by atoms with Crippen molar-refractivity contribution in [1.82, 2.24) is 9.97 Å². The Kier molecular flexibility index (Phi) is 3.79. The van der Waals surface area contributed by atoms with E-state index >= 15 is 0 Å². The lowest BCUT2D eigenvalue weighted by Gasteiger charge is -2.15. The summed E-state index contributed by atoms with van der Waals surface area (Å²) in [5.74, 6) is 0.669. The van der Waals surface area contributed by atoms with Gasteiger partial charge in [-0.2, -0.15) is 0 Å². The molecule has 4 heteroatoms. The molecule has 4 nitrogen and oxygen atoms in total. The summed E-state index contributed by atoms with van der Waals surface area (Å²) in [6, 6.07) is 15.0. The first-order chi connectivity index (χ1) is 10.3. The Morgan fingerprint density at radius 2 is 1.76 bits per heavy atom. The number of nitrogens with zero attached hydrogens (tertiary/aromatic N) is 2. The minimum Gasteiger partial charge on any atom is -0.493 e. The van der Waals surface area contributed by atoms with Gasteiger partial charge < -0.3 is 9.84 Å². The minimum atomic E-state index is -0.857. The molecule has 21 heavy (non-hydrogen) atoms. The largest absolute Gasteiger partial charge is 0.493 e. The van der Waals surface area contributed by atoms with Crippen molar-refractivity contribution in [2.75, 3.05) is 6.61 Å². The molecule has 1 unspecified atom stereocenters. The van der Waals surface area contributed by atoms with E-state index in [-0.39, 0.29) is 0 Å². The lowest BCUT2D eigenvalue weighted by molar-refractivity contribution is 0.207. The molecule has 3 rings (SSSR count). The summed E-state index contributed by atoms with van der Waals surface area (Å²) in [7, 11) is 0. The first-order valence-corrected chi connectivity index (χ1v) is 6.91. The molecule has 0 fully saturated rings. The van der Waals surface area contributed by atoms with Crippen LogP contribution in [0.15, 0.2) is 54.7 Å². The van der Waals surface area contributed by atoms with Gasteiger partial charge in [0.2, 0.25) is 0 Å². The van der Waals surface area contributed by atoms with E-state index in [1.54, 1.807) is 6.20 Å². The lowest BCUT2D eigenvalue weighted by Crippen LogP contribution is -2.06. The van der Waals surface area contributed by atoms with Gasteiger partial charge in [0.05, 0.1) is 29.5 Å². The zero-order valence-corrected chi connectivity index (χ0v) is 11.7. The maximum absolute atomic E-state index is 10.6. The molecule has 0 radical (unpaired) electrons. The molecule has 0 aliphatic heterocycles. The van der Waals surface area contributed by atoms with E-state index in [2.05, 4.69) is 9.97 Å². The van der Waals surface area contributed by atoms with Gasteiger partial charge in [0.25, 0.3) is 0 Å². The van der Waals surface area contributed by atoms with Gasteiger partial charge in [-0.3, -0.25) is 4.98 Å². The summed E-state index contributed by atoms with van der Waals surface area (Å²) in [5, 5.41) is 10.6. The third-order valence-corrected chi connectivity index (χ3v) is 3.26. The second-order valence-electron chi connectivity index (χ2n) is 4.66. The van der Waals surface area contributed by atoms with Crippen molar-refractivity contribution in [2.24, 2.45) is 0 Å².